The third-order valence-electron chi connectivity index (χ3n) is 4.01. The van der Waals surface area contributed by atoms with Gasteiger partial charge in [0.05, 0.1) is 10.6 Å². The number of anilines is 2. The van der Waals surface area contributed by atoms with Gasteiger partial charge in [-0.3, -0.25) is 9.35 Å². The molecule has 0 aliphatic rings. The van der Waals surface area contributed by atoms with Crippen molar-refractivity contribution in [3.05, 3.63) is 90.6 Å². The first-order valence-corrected chi connectivity index (χ1v) is 11.2. The van der Waals surface area contributed by atoms with Crippen LogP contribution in [0.1, 0.15) is 0 Å². The first-order valence-electron chi connectivity index (χ1n) is 8.94. The van der Waals surface area contributed by atoms with Crippen LogP contribution in [0.3, 0.4) is 0 Å². The second-order valence-corrected chi connectivity index (χ2v) is 8.72. The molecule has 0 saturated carbocycles. The topological polar surface area (TPSA) is 119 Å². The quantitative estimate of drug-likeness (QED) is 0.274. The summed E-state index contributed by atoms with van der Waals surface area (Å²) in [5.41, 5.74) is 0.839. The summed E-state index contributed by atoms with van der Waals surface area (Å²) in [6.45, 7) is 0. The van der Waals surface area contributed by atoms with E-state index < -0.39 is 16.0 Å². The molecule has 0 spiro atoms. The largest absolute Gasteiger partial charge is 0.360 e. The lowest BCUT2D eigenvalue weighted by atomic mass is 10.2. The van der Waals surface area contributed by atoms with Gasteiger partial charge in [0, 0.05) is 21.7 Å². The molecule has 0 unspecified atom stereocenters. The molecule has 0 radical (unpaired) electrons. The van der Waals surface area contributed by atoms with Crippen molar-refractivity contribution in [3.63, 3.8) is 0 Å². The van der Waals surface area contributed by atoms with Gasteiger partial charge in [-0.2, -0.15) is 13.7 Å². The van der Waals surface area contributed by atoms with E-state index in [0.29, 0.717) is 11.4 Å². The summed E-state index contributed by atoms with van der Waals surface area (Å²) >= 11 is 1.49. The van der Waals surface area contributed by atoms with Crippen LogP contribution >= 0.6 is 11.8 Å². The third kappa shape index (κ3) is 6.20. The van der Waals surface area contributed by atoms with Gasteiger partial charge in [-0.1, -0.05) is 42.1 Å². The normalized spacial score (nSPS) is 11.4. The van der Waals surface area contributed by atoms with E-state index in [-0.39, 0.29) is 10.5 Å². The Labute approximate surface area is 184 Å². The molecule has 3 N–H and O–H groups in total. The van der Waals surface area contributed by atoms with Crippen molar-refractivity contribution in [3.8, 4) is 6.07 Å². The number of carbonyl (C=O) groups is 1. The molecule has 1 amide bonds. The molecule has 7 nitrogen and oxygen atoms in total. The molecule has 0 fully saturated rings. The summed E-state index contributed by atoms with van der Waals surface area (Å²) < 4.78 is 31.2. The maximum Gasteiger partial charge on any atom is 0.294 e. The monoisotopic (exact) mass is 451 g/mol. The van der Waals surface area contributed by atoms with E-state index in [1.807, 2.05) is 48.5 Å². The SMILES string of the molecule is N#C/C(=C/Nc1ccc(S(=O)(=O)O)cc1)C(=O)Nc1ccccc1Sc1ccccc1. The molecule has 31 heavy (non-hydrogen) atoms. The Morgan fingerprint density at radius 2 is 1.61 bits per heavy atom. The maximum absolute atomic E-state index is 12.6. The molecule has 156 valence electrons. The number of amides is 1. The summed E-state index contributed by atoms with van der Waals surface area (Å²) in [5.74, 6) is -0.592. The number of nitriles is 1. The average molecular weight is 452 g/mol. The van der Waals surface area contributed by atoms with E-state index in [9.17, 15) is 18.5 Å². The highest BCUT2D eigenvalue weighted by Crippen LogP contribution is 2.33. The van der Waals surface area contributed by atoms with Gasteiger partial charge < -0.3 is 10.6 Å². The summed E-state index contributed by atoms with van der Waals surface area (Å²) in [6.07, 6.45) is 1.23. The van der Waals surface area contributed by atoms with E-state index in [1.54, 1.807) is 12.1 Å². The summed E-state index contributed by atoms with van der Waals surface area (Å²) in [7, 11) is -4.29. The van der Waals surface area contributed by atoms with Gasteiger partial charge in [-0.05, 0) is 48.5 Å². The van der Waals surface area contributed by atoms with Gasteiger partial charge in [-0.25, -0.2) is 0 Å². The molecular weight excluding hydrogens is 434 g/mol. The van der Waals surface area contributed by atoms with Crippen molar-refractivity contribution >= 4 is 39.2 Å². The van der Waals surface area contributed by atoms with E-state index in [0.717, 1.165) is 9.79 Å². The average Bonchev–Trinajstić information content (AvgIpc) is 2.76. The van der Waals surface area contributed by atoms with Gasteiger partial charge >= 0.3 is 0 Å². The highest BCUT2D eigenvalue weighted by Gasteiger charge is 2.13. The first kappa shape index (κ1) is 22.1. The van der Waals surface area contributed by atoms with Crippen LogP contribution in [0.25, 0.3) is 0 Å². The summed E-state index contributed by atoms with van der Waals surface area (Å²) in [6, 6.07) is 24.0. The van der Waals surface area contributed by atoms with Gasteiger partial charge in [0.15, 0.2) is 0 Å². The van der Waals surface area contributed by atoms with E-state index in [4.69, 9.17) is 4.55 Å². The van der Waals surface area contributed by atoms with E-state index in [2.05, 4.69) is 10.6 Å². The fraction of sp³-hybridized carbons (Fsp3) is 0. The molecular formula is C22H17N3O4S2. The van der Waals surface area contributed by atoms with Crippen LogP contribution in [-0.4, -0.2) is 18.9 Å². The Kier molecular flexibility index (Phi) is 7.10. The van der Waals surface area contributed by atoms with Gasteiger partial charge in [-0.15, -0.1) is 0 Å². The fourth-order valence-electron chi connectivity index (χ4n) is 2.49. The molecule has 0 heterocycles. The Morgan fingerprint density at radius 3 is 2.26 bits per heavy atom. The van der Waals surface area contributed by atoms with Crippen molar-refractivity contribution in [2.45, 2.75) is 14.7 Å². The minimum Gasteiger partial charge on any atom is -0.360 e. The van der Waals surface area contributed by atoms with Crippen molar-refractivity contribution in [1.82, 2.24) is 0 Å². The zero-order valence-corrected chi connectivity index (χ0v) is 17.7. The maximum atomic E-state index is 12.6. The number of nitrogens with one attached hydrogen (secondary N) is 2. The highest BCUT2D eigenvalue weighted by atomic mass is 32.2. The van der Waals surface area contributed by atoms with Crippen LogP contribution in [-0.2, 0) is 14.9 Å². The molecule has 0 aromatic heterocycles. The predicted octanol–water partition coefficient (Wildman–Crippen LogP) is 4.54. The van der Waals surface area contributed by atoms with Crippen molar-refractivity contribution < 1.29 is 17.8 Å². The molecule has 3 aromatic carbocycles. The Hall–Kier alpha value is -3.58. The van der Waals surface area contributed by atoms with E-state index in [1.165, 1.54) is 42.2 Å². The van der Waals surface area contributed by atoms with Gasteiger partial charge in [0.25, 0.3) is 16.0 Å². The number of benzene rings is 3. The van der Waals surface area contributed by atoms with Crippen LogP contribution in [0.15, 0.2) is 105 Å². The Balaban J connectivity index is 1.72. The van der Waals surface area contributed by atoms with Crippen LogP contribution in [0.4, 0.5) is 11.4 Å². The van der Waals surface area contributed by atoms with Crippen LogP contribution in [0.2, 0.25) is 0 Å². The van der Waals surface area contributed by atoms with Gasteiger partial charge in [0.2, 0.25) is 0 Å². The lowest BCUT2D eigenvalue weighted by Crippen LogP contribution is -2.15. The summed E-state index contributed by atoms with van der Waals surface area (Å²) in [4.78, 5) is 14.2. The lowest BCUT2D eigenvalue weighted by molar-refractivity contribution is -0.112. The first-order chi connectivity index (χ1) is 14.9. The van der Waals surface area contributed by atoms with Gasteiger partial charge in [0.1, 0.15) is 11.6 Å². The van der Waals surface area contributed by atoms with Crippen LogP contribution < -0.4 is 10.6 Å². The number of para-hydroxylation sites is 1. The van der Waals surface area contributed by atoms with Crippen molar-refractivity contribution in [1.29, 1.82) is 5.26 Å². The molecule has 3 rings (SSSR count). The van der Waals surface area contributed by atoms with Crippen molar-refractivity contribution in [2.75, 3.05) is 10.6 Å². The molecule has 0 aliphatic heterocycles. The third-order valence-corrected chi connectivity index (χ3v) is 5.96. The number of carbonyl (C=O) groups excluding carboxylic acids is 1. The Bertz CT molecular complexity index is 1250. The minimum absolute atomic E-state index is 0.168. The molecule has 0 atom stereocenters. The Morgan fingerprint density at radius 1 is 0.968 bits per heavy atom. The zero-order valence-electron chi connectivity index (χ0n) is 16.0. The number of hydrogen-bond acceptors (Lipinski definition) is 6. The number of hydrogen-bond donors (Lipinski definition) is 3. The fourth-order valence-corrected chi connectivity index (χ4v) is 3.89. The predicted molar refractivity (Wildman–Crippen MR) is 119 cm³/mol. The highest BCUT2D eigenvalue weighted by molar-refractivity contribution is 7.99. The van der Waals surface area contributed by atoms with Crippen molar-refractivity contribution in [2.24, 2.45) is 0 Å². The summed E-state index contributed by atoms with van der Waals surface area (Å²) in [5, 5.41) is 14.9. The minimum atomic E-state index is -4.29. The molecule has 3 aromatic rings. The standard InChI is InChI=1S/C22H17N3O4S2/c23-14-16(15-24-17-10-12-19(13-11-17)31(27,28)29)22(26)25-20-8-4-5-9-21(20)30-18-6-2-1-3-7-18/h1-13,15,24H,(H,25,26)(H,27,28,29)/b16-15-. The van der Waals surface area contributed by atoms with Crippen LogP contribution in [0, 0.1) is 11.3 Å². The molecule has 0 bridgehead atoms. The molecule has 0 saturated heterocycles. The molecule has 9 heteroatoms. The number of nitrogens with zero attached hydrogens (tertiary/aromatic N) is 1. The van der Waals surface area contributed by atoms with Crippen LogP contribution in [0.5, 0.6) is 0 Å². The second kappa shape index (κ2) is 9.95. The lowest BCUT2D eigenvalue weighted by Gasteiger charge is -2.10. The number of rotatable bonds is 7. The molecule has 0 aliphatic carbocycles. The second-order valence-electron chi connectivity index (χ2n) is 6.18. The zero-order chi connectivity index (χ0) is 22.3. The smallest absolute Gasteiger partial charge is 0.294 e. The van der Waals surface area contributed by atoms with E-state index >= 15 is 0 Å².